The number of carbonyl (C=O) groups is 2. The average molecular weight is 368 g/mol. The first-order valence-electron chi connectivity index (χ1n) is 8.44. The smallest absolute Gasteiger partial charge is 0.335 e. The summed E-state index contributed by atoms with van der Waals surface area (Å²) in [7, 11) is -3.39. The third-order valence-corrected chi connectivity index (χ3v) is 6.29. The fraction of sp³-hybridized carbons (Fsp3) is 0.529. The van der Waals surface area contributed by atoms with Crippen LogP contribution in [0, 0.1) is 0 Å². The molecule has 25 heavy (non-hydrogen) atoms. The Hall–Kier alpha value is -1.93. The van der Waals surface area contributed by atoms with Crippen LogP contribution in [0.4, 0.5) is 0 Å². The summed E-state index contributed by atoms with van der Waals surface area (Å²) in [5, 5.41) is 11.8. The minimum atomic E-state index is -3.39. The maximum Gasteiger partial charge on any atom is 0.335 e. The van der Waals surface area contributed by atoms with Crippen molar-refractivity contribution in [3.05, 3.63) is 35.4 Å². The number of carboxylic acids is 1. The average Bonchev–Trinajstić information content (AvgIpc) is 3.05. The summed E-state index contributed by atoms with van der Waals surface area (Å²) in [6.07, 6.45) is 2.22. The summed E-state index contributed by atoms with van der Waals surface area (Å²) in [6, 6.07) is 5.91. The molecule has 0 bridgehead atoms. The quantitative estimate of drug-likeness (QED) is 0.719. The number of benzene rings is 1. The van der Waals surface area contributed by atoms with Gasteiger partial charge in [0.25, 0.3) is 0 Å². The fourth-order valence-electron chi connectivity index (χ4n) is 3.02. The molecule has 1 heterocycles. The van der Waals surface area contributed by atoms with Crippen molar-refractivity contribution in [1.82, 2.24) is 9.62 Å². The van der Waals surface area contributed by atoms with Gasteiger partial charge in [-0.2, -0.15) is 4.31 Å². The van der Waals surface area contributed by atoms with Crippen molar-refractivity contribution in [1.29, 1.82) is 0 Å². The van der Waals surface area contributed by atoms with Crippen LogP contribution in [0.3, 0.4) is 0 Å². The lowest BCUT2D eigenvalue weighted by atomic mass is 10.1. The Kier molecular flexibility index (Phi) is 6.55. The van der Waals surface area contributed by atoms with Crippen LogP contribution < -0.4 is 5.32 Å². The van der Waals surface area contributed by atoms with E-state index in [0.29, 0.717) is 38.8 Å². The molecule has 1 aliphatic rings. The van der Waals surface area contributed by atoms with Gasteiger partial charge in [0.1, 0.15) is 6.04 Å². The molecule has 138 valence electrons. The lowest BCUT2D eigenvalue weighted by molar-refractivity contribution is -0.124. The first-order chi connectivity index (χ1) is 11.8. The Morgan fingerprint density at radius 1 is 1.36 bits per heavy atom. The van der Waals surface area contributed by atoms with Crippen molar-refractivity contribution < 1.29 is 23.1 Å². The fourth-order valence-corrected chi connectivity index (χ4v) is 4.76. The number of aromatic carboxylic acids is 1. The van der Waals surface area contributed by atoms with E-state index in [0.717, 1.165) is 5.56 Å². The molecule has 8 heteroatoms. The maximum atomic E-state index is 12.4. The molecular weight excluding hydrogens is 344 g/mol. The number of rotatable bonds is 8. The number of carbonyl (C=O) groups excluding carboxylic acids is 1. The van der Waals surface area contributed by atoms with Crippen LogP contribution >= 0.6 is 0 Å². The zero-order valence-corrected chi connectivity index (χ0v) is 15.1. The van der Waals surface area contributed by atoms with Gasteiger partial charge in [0.05, 0.1) is 11.3 Å². The molecule has 7 nitrogen and oxygen atoms in total. The number of hydrogen-bond acceptors (Lipinski definition) is 4. The van der Waals surface area contributed by atoms with Gasteiger partial charge >= 0.3 is 5.97 Å². The lowest BCUT2D eigenvalue weighted by Crippen LogP contribution is -2.46. The molecule has 0 radical (unpaired) electrons. The van der Waals surface area contributed by atoms with Crippen LogP contribution in [0.25, 0.3) is 0 Å². The van der Waals surface area contributed by atoms with Crippen LogP contribution in [-0.2, 0) is 21.2 Å². The van der Waals surface area contributed by atoms with Gasteiger partial charge in [0, 0.05) is 13.1 Å². The summed E-state index contributed by atoms with van der Waals surface area (Å²) in [5.41, 5.74) is 1.01. The Bertz CT molecular complexity index is 732. The number of nitrogens with zero attached hydrogens (tertiary/aromatic N) is 1. The second kappa shape index (κ2) is 8.44. The molecule has 1 fully saturated rings. The Balaban J connectivity index is 1.91. The van der Waals surface area contributed by atoms with Crippen LogP contribution in [0.2, 0.25) is 0 Å². The molecule has 1 amide bonds. The van der Waals surface area contributed by atoms with Crippen molar-refractivity contribution in [2.45, 2.75) is 38.6 Å². The Labute approximate surface area is 148 Å². The van der Waals surface area contributed by atoms with Crippen LogP contribution in [0.1, 0.15) is 42.1 Å². The van der Waals surface area contributed by atoms with Gasteiger partial charge in [-0.3, -0.25) is 4.79 Å². The van der Waals surface area contributed by atoms with E-state index in [1.54, 1.807) is 25.1 Å². The minimum Gasteiger partial charge on any atom is -0.478 e. The third-order valence-electron chi connectivity index (χ3n) is 4.21. The van der Waals surface area contributed by atoms with Gasteiger partial charge in [0.2, 0.25) is 15.9 Å². The van der Waals surface area contributed by atoms with Gasteiger partial charge in [-0.05, 0) is 43.4 Å². The highest BCUT2D eigenvalue weighted by Gasteiger charge is 2.37. The van der Waals surface area contributed by atoms with E-state index in [-0.39, 0.29) is 17.2 Å². The molecule has 1 saturated heterocycles. The molecular formula is C17H24N2O5S. The SMILES string of the molecule is CCCS(=O)(=O)N1CCCC1C(=O)NCCc1cccc(C(=O)O)c1. The highest BCUT2D eigenvalue weighted by molar-refractivity contribution is 7.89. The van der Waals surface area contributed by atoms with Crippen LogP contribution in [-0.4, -0.2) is 54.6 Å². The largest absolute Gasteiger partial charge is 0.478 e. The monoisotopic (exact) mass is 368 g/mol. The van der Waals surface area contributed by atoms with E-state index >= 15 is 0 Å². The van der Waals surface area contributed by atoms with E-state index in [9.17, 15) is 18.0 Å². The molecule has 1 aliphatic heterocycles. The molecule has 1 aromatic rings. The maximum absolute atomic E-state index is 12.4. The number of nitrogens with one attached hydrogen (secondary N) is 1. The van der Waals surface area contributed by atoms with Crippen molar-refractivity contribution in [3.8, 4) is 0 Å². The van der Waals surface area contributed by atoms with Gasteiger partial charge in [-0.25, -0.2) is 13.2 Å². The first kappa shape index (κ1) is 19.4. The molecule has 1 atom stereocenters. The zero-order chi connectivity index (χ0) is 18.4. The molecule has 2 rings (SSSR count). The van der Waals surface area contributed by atoms with Gasteiger partial charge < -0.3 is 10.4 Å². The second-order valence-corrected chi connectivity index (χ2v) is 8.17. The number of amides is 1. The van der Waals surface area contributed by atoms with E-state index in [1.807, 2.05) is 0 Å². The lowest BCUT2D eigenvalue weighted by Gasteiger charge is -2.23. The number of sulfonamides is 1. The van der Waals surface area contributed by atoms with Gasteiger partial charge in [-0.1, -0.05) is 19.1 Å². The molecule has 0 aromatic heterocycles. The normalized spacial score (nSPS) is 18.2. The highest BCUT2D eigenvalue weighted by Crippen LogP contribution is 2.22. The summed E-state index contributed by atoms with van der Waals surface area (Å²) in [6.45, 7) is 2.52. The number of carboxylic acid groups (broad SMARTS) is 1. The van der Waals surface area contributed by atoms with E-state index < -0.39 is 22.0 Å². The molecule has 0 spiro atoms. The predicted octanol–water partition coefficient (Wildman–Crippen LogP) is 1.25. The Morgan fingerprint density at radius 3 is 2.80 bits per heavy atom. The van der Waals surface area contributed by atoms with E-state index in [4.69, 9.17) is 5.11 Å². The van der Waals surface area contributed by atoms with Crippen molar-refractivity contribution in [2.75, 3.05) is 18.8 Å². The standard InChI is InChI=1S/C17H24N2O5S/c1-2-11-25(23,24)19-10-4-7-15(19)16(20)18-9-8-13-5-3-6-14(12-13)17(21)22/h3,5-6,12,15H,2,4,7-11H2,1H3,(H,18,20)(H,21,22). The van der Waals surface area contributed by atoms with E-state index in [1.165, 1.54) is 10.4 Å². The summed E-state index contributed by atoms with van der Waals surface area (Å²) < 4.78 is 25.8. The molecule has 0 aliphatic carbocycles. The van der Waals surface area contributed by atoms with Crippen LogP contribution in [0.5, 0.6) is 0 Å². The topological polar surface area (TPSA) is 104 Å². The molecule has 2 N–H and O–H groups in total. The van der Waals surface area contributed by atoms with Crippen LogP contribution in [0.15, 0.2) is 24.3 Å². The van der Waals surface area contributed by atoms with Crippen molar-refractivity contribution in [2.24, 2.45) is 0 Å². The molecule has 0 saturated carbocycles. The predicted molar refractivity (Wildman–Crippen MR) is 93.9 cm³/mol. The summed E-state index contributed by atoms with van der Waals surface area (Å²) in [5.74, 6) is -1.22. The summed E-state index contributed by atoms with van der Waals surface area (Å²) >= 11 is 0. The van der Waals surface area contributed by atoms with Crippen molar-refractivity contribution >= 4 is 21.9 Å². The molecule has 1 aromatic carbocycles. The van der Waals surface area contributed by atoms with Gasteiger partial charge in [-0.15, -0.1) is 0 Å². The highest BCUT2D eigenvalue weighted by atomic mass is 32.2. The molecule has 1 unspecified atom stereocenters. The summed E-state index contributed by atoms with van der Waals surface area (Å²) in [4.78, 5) is 23.3. The first-order valence-corrected chi connectivity index (χ1v) is 10.1. The van der Waals surface area contributed by atoms with Crippen molar-refractivity contribution in [3.63, 3.8) is 0 Å². The minimum absolute atomic E-state index is 0.0543. The zero-order valence-electron chi connectivity index (χ0n) is 14.3. The third kappa shape index (κ3) is 5.02. The Morgan fingerprint density at radius 2 is 2.12 bits per heavy atom. The van der Waals surface area contributed by atoms with E-state index in [2.05, 4.69) is 5.32 Å². The second-order valence-electron chi connectivity index (χ2n) is 6.13. The number of hydrogen-bond donors (Lipinski definition) is 2. The van der Waals surface area contributed by atoms with Gasteiger partial charge in [0.15, 0.2) is 0 Å².